The lowest BCUT2D eigenvalue weighted by atomic mass is 10.2. The summed E-state index contributed by atoms with van der Waals surface area (Å²) in [5.41, 5.74) is 2.00. The van der Waals surface area contributed by atoms with Crippen molar-refractivity contribution in [3.05, 3.63) is 29.6 Å². The number of thiol groups is 1. The van der Waals surface area contributed by atoms with E-state index in [4.69, 9.17) is 5.11 Å². The van der Waals surface area contributed by atoms with Gasteiger partial charge in [-0.1, -0.05) is 17.1 Å². The normalized spacial score (nSPS) is 9.59. The molecule has 1 aromatic heterocycles. The van der Waals surface area contributed by atoms with Gasteiger partial charge in [0.2, 0.25) is 0 Å². The van der Waals surface area contributed by atoms with Gasteiger partial charge in [-0.25, -0.2) is 4.98 Å². The van der Waals surface area contributed by atoms with E-state index >= 15 is 0 Å². The minimum atomic E-state index is -0.170. The van der Waals surface area contributed by atoms with Crippen LogP contribution in [0.3, 0.4) is 0 Å². The zero-order valence-electron chi connectivity index (χ0n) is 10.1. The van der Waals surface area contributed by atoms with Crippen molar-refractivity contribution in [3.63, 3.8) is 0 Å². The molecular weight excluding hydrogens is 236 g/mol. The maximum absolute atomic E-state index is 8.55. The molecule has 5 heteroatoms. The summed E-state index contributed by atoms with van der Waals surface area (Å²) in [4.78, 5) is 8.88. The van der Waals surface area contributed by atoms with Gasteiger partial charge in [0, 0.05) is 0 Å². The lowest BCUT2D eigenvalue weighted by molar-refractivity contribution is 0.213. The zero-order valence-corrected chi connectivity index (χ0v) is 11.0. The number of nitrogens with zero attached hydrogens (tertiary/aromatic N) is 2. The van der Waals surface area contributed by atoms with Crippen molar-refractivity contribution in [2.45, 2.75) is 6.92 Å². The Bertz CT molecular complexity index is 422. The van der Waals surface area contributed by atoms with Crippen molar-refractivity contribution < 1.29 is 9.94 Å². The summed E-state index contributed by atoms with van der Waals surface area (Å²) in [6.45, 7) is 1.63. The van der Waals surface area contributed by atoms with Crippen LogP contribution in [-0.4, -0.2) is 35.8 Å². The van der Waals surface area contributed by atoms with E-state index in [9.17, 15) is 0 Å². The first-order chi connectivity index (χ1) is 8.27. The van der Waals surface area contributed by atoms with Crippen LogP contribution in [0.2, 0.25) is 0 Å². The molecule has 0 aliphatic carbocycles. The Hall–Kier alpha value is -1.51. The molecular formula is C12H16N2O2S. The van der Waals surface area contributed by atoms with Crippen LogP contribution in [0.25, 0.3) is 0 Å². The summed E-state index contributed by atoms with van der Waals surface area (Å²) < 4.78 is 0. The molecule has 0 spiro atoms. The van der Waals surface area contributed by atoms with Gasteiger partial charge in [0.15, 0.2) is 0 Å². The Morgan fingerprint density at radius 2 is 2.24 bits per heavy atom. The summed E-state index contributed by atoms with van der Waals surface area (Å²) >= 11 is 3.53. The minimum absolute atomic E-state index is 0.170. The second-order valence-electron chi connectivity index (χ2n) is 2.73. The Morgan fingerprint density at radius 3 is 2.82 bits per heavy atom. The van der Waals surface area contributed by atoms with Crippen molar-refractivity contribution in [2.24, 2.45) is 5.16 Å². The number of aromatic nitrogens is 1. The Kier molecular flexibility index (Phi) is 8.84. The number of oxime groups is 1. The van der Waals surface area contributed by atoms with Crippen molar-refractivity contribution in [1.29, 1.82) is 0 Å². The molecule has 0 saturated heterocycles. The summed E-state index contributed by atoms with van der Waals surface area (Å²) in [6, 6.07) is 5.42. The molecule has 1 heterocycles. The van der Waals surface area contributed by atoms with Crippen LogP contribution in [0, 0.1) is 11.8 Å². The van der Waals surface area contributed by atoms with E-state index in [0.29, 0.717) is 17.1 Å². The number of pyridine rings is 1. The highest BCUT2D eigenvalue weighted by Gasteiger charge is 1.99. The Balaban J connectivity index is 0.00000121. The van der Waals surface area contributed by atoms with Gasteiger partial charge >= 0.3 is 0 Å². The molecule has 17 heavy (non-hydrogen) atoms. The molecule has 1 rings (SSSR count). The highest BCUT2D eigenvalue weighted by Crippen LogP contribution is 2.00. The predicted molar refractivity (Wildman–Crippen MR) is 72.3 cm³/mol. The summed E-state index contributed by atoms with van der Waals surface area (Å²) in [5.74, 6) is 5.26. The average Bonchev–Trinajstić information content (AvgIpc) is 2.39. The van der Waals surface area contributed by atoms with Crippen molar-refractivity contribution >= 4 is 18.3 Å². The van der Waals surface area contributed by atoms with E-state index in [-0.39, 0.29) is 6.61 Å². The molecule has 0 unspecified atom stereocenters. The molecule has 0 aliphatic heterocycles. The molecule has 0 atom stereocenters. The van der Waals surface area contributed by atoms with E-state index < -0.39 is 0 Å². The van der Waals surface area contributed by atoms with Crippen molar-refractivity contribution in [1.82, 2.24) is 4.98 Å². The minimum Gasteiger partial charge on any atom is -0.399 e. The first-order valence-electron chi connectivity index (χ1n) is 4.87. The molecule has 92 valence electrons. The summed E-state index contributed by atoms with van der Waals surface area (Å²) in [5, 5.41) is 12.3. The van der Waals surface area contributed by atoms with Crippen LogP contribution in [0.4, 0.5) is 0 Å². The predicted octanol–water partition coefficient (Wildman–Crippen LogP) is 1.34. The van der Waals surface area contributed by atoms with Gasteiger partial charge in [0.1, 0.15) is 25.1 Å². The first-order valence-corrected chi connectivity index (χ1v) is 5.77. The third-order valence-electron chi connectivity index (χ3n) is 1.64. The van der Waals surface area contributed by atoms with Gasteiger partial charge in [0.25, 0.3) is 0 Å². The van der Waals surface area contributed by atoms with Crippen molar-refractivity contribution in [2.75, 3.05) is 20.0 Å². The monoisotopic (exact) mass is 252 g/mol. The van der Waals surface area contributed by atoms with E-state index in [0.717, 1.165) is 0 Å². The lowest BCUT2D eigenvalue weighted by Crippen LogP contribution is -2.00. The molecule has 0 aromatic carbocycles. The summed E-state index contributed by atoms with van der Waals surface area (Å²) in [7, 11) is 1.49. The SMILES string of the molecule is CO/N=C(\C)c1cccc(C#CCO)n1.CS. The average molecular weight is 252 g/mol. The number of rotatable bonds is 2. The van der Waals surface area contributed by atoms with E-state index in [1.807, 2.05) is 12.1 Å². The van der Waals surface area contributed by atoms with Gasteiger partial charge in [-0.15, -0.1) is 0 Å². The number of aliphatic hydroxyl groups is 1. The summed E-state index contributed by atoms with van der Waals surface area (Å²) in [6.07, 6.45) is 1.69. The smallest absolute Gasteiger partial charge is 0.114 e. The van der Waals surface area contributed by atoms with Gasteiger partial charge in [-0.3, -0.25) is 0 Å². The fourth-order valence-corrected chi connectivity index (χ4v) is 1.02. The maximum Gasteiger partial charge on any atom is 0.114 e. The van der Waals surface area contributed by atoms with E-state index in [1.165, 1.54) is 7.11 Å². The molecule has 0 aliphatic rings. The quantitative estimate of drug-likeness (QED) is 0.361. The molecule has 0 amide bonds. The van der Waals surface area contributed by atoms with Gasteiger partial charge in [-0.05, 0) is 31.2 Å². The fraction of sp³-hybridized carbons (Fsp3) is 0.333. The Morgan fingerprint density at radius 1 is 1.53 bits per heavy atom. The maximum atomic E-state index is 8.55. The van der Waals surface area contributed by atoms with Crippen LogP contribution in [0.15, 0.2) is 23.4 Å². The van der Waals surface area contributed by atoms with Crippen LogP contribution < -0.4 is 0 Å². The number of hydrogen-bond donors (Lipinski definition) is 2. The second-order valence-corrected chi connectivity index (χ2v) is 2.73. The topological polar surface area (TPSA) is 54.7 Å². The fourth-order valence-electron chi connectivity index (χ4n) is 1.02. The van der Waals surface area contributed by atoms with Crippen molar-refractivity contribution in [3.8, 4) is 11.8 Å². The van der Waals surface area contributed by atoms with Gasteiger partial charge in [0.05, 0.1) is 5.69 Å². The molecule has 0 bridgehead atoms. The third kappa shape index (κ3) is 5.95. The standard InChI is InChI=1S/C11H12N2O2.CH4S/c1-9(13-15-2)11-7-3-5-10(12-11)6-4-8-14;1-2/h3,5,7,14H,8H2,1-2H3;2H,1H3/b13-9+;. The first kappa shape index (κ1) is 15.5. The second kappa shape index (κ2) is 9.70. The number of hydrogen-bond acceptors (Lipinski definition) is 5. The van der Waals surface area contributed by atoms with Gasteiger partial charge < -0.3 is 9.94 Å². The molecule has 0 fully saturated rings. The highest BCUT2D eigenvalue weighted by molar-refractivity contribution is 7.79. The molecule has 1 N–H and O–H groups in total. The molecule has 0 saturated carbocycles. The third-order valence-corrected chi connectivity index (χ3v) is 1.64. The Labute approximate surface area is 107 Å². The molecule has 1 aromatic rings. The van der Waals surface area contributed by atoms with Crippen LogP contribution in [-0.2, 0) is 4.84 Å². The van der Waals surface area contributed by atoms with Gasteiger partial charge in [-0.2, -0.15) is 12.6 Å². The number of aliphatic hydroxyl groups excluding tert-OH is 1. The van der Waals surface area contributed by atoms with Crippen LogP contribution >= 0.6 is 12.6 Å². The molecule has 4 nitrogen and oxygen atoms in total. The van der Waals surface area contributed by atoms with E-state index in [2.05, 4.69) is 39.4 Å². The van der Waals surface area contributed by atoms with E-state index in [1.54, 1.807) is 19.2 Å². The zero-order chi connectivity index (χ0) is 13.1. The molecule has 0 radical (unpaired) electrons. The van der Waals surface area contributed by atoms with Crippen LogP contribution in [0.5, 0.6) is 0 Å². The highest BCUT2D eigenvalue weighted by atomic mass is 32.1. The van der Waals surface area contributed by atoms with Crippen LogP contribution in [0.1, 0.15) is 18.3 Å². The lowest BCUT2D eigenvalue weighted by Gasteiger charge is -1.98. The largest absolute Gasteiger partial charge is 0.399 e.